The van der Waals surface area contributed by atoms with Crippen molar-refractivity contribution >= 4 is 34.6 Å². The second-order valence-electron chi connectivity index (χ2n) is 9.19. The van der Waals surface area contributed by atoms with E-state index in [-0.39, 0.29) is 6.42 Å². The Labute approximate surface area is 218 Å². The molecule has 5 rings (SSSR count). The number of cyclic esters (lactones) is 1. The van der Waals surface area contributed by atoms with Gasteiger partial charge in [0.25, 0.3) is 5.91 Å². The molecule has 188 valence electrons. The Balaban J connectivity index is 1.46. The number of alkyl carbamates (subject to hydrolysis) is 1. The largest absolute Gasteiger partial charge is 0.457 e. The molecule has 0 saturated carbocycles. The molecule has 1 saturated heterocycles. The SMILES string of the molecule is CCCc1cc(-c2cc(=O)oc3cc(Cl)ccc23)ccc1Oc1cccc(C[C@@]2(C)OC(=O)NC2=O)c1. The number of hydrogen-bond donors (Lipinski definition) is 1. The number of nitrogens with one attached hydrogen (secondary N) is 1. The van der Waals surface area contributed by atoms with E-state index in [0.29, 0.717) is 22.1 Å². The van der Waals surface area contributed by atoms with E-state index in [1.165, 1.54) is 6.07 Å². The predicted octanol–water partition coefficient (Wildman–Crippen LogP) is 6.43. The molecule has 1 fully saturated rings. The lowest BCUT2D eigenvalue weighted by molar-refractivity contribution is -0.129. The zero-order valence-corrected chi connectivity index (χ0v) is 21.1. The van der Waals surface area contributed by atoms with Crippen LogP contribution in [-0.2, 0) is 22.4 Å². The Morgan fingerprint density at radius 3 is 2.59 bits per heavy atom. The molecule has 1 N–H and O–H groups in total. The average molecular weight is 518 g/mol. The van der Waals surface area contributed by atoms with Crippen molar-refractivity contribution in [2.24, 2.45) is 0 Å². The Hall–Kier alpha value is -4.10. The molecule has 37 heavy (non-hydrogen) atoms. The number of ether oxygens (including phenoxy) is 2. The quantitative estimate of drug-likeness (QED) is 0.284. The molecule has 1 aromatic heterocycles. The normalized spacial score (nSPS) is 17.1. The summed E-state index contributed by atoms with van der Waals surface area (Å²) in [7, 11) is 0. The molecule has 0 aliphatic carbocycles. The lowest BCUT2D eigenvalue weighted by Crippen LogP contribution is -2.38. The van der Waals surface area contributed by atoms with Crippen molar-refractivity contribution in [2.45, 2.75) is 38.7 Å². The lowest BCUT2D eigenvalue weighted by atomic mass is 9.96. The van der Waals surface area contributed by atoms with Crippen LogP contribution < -0.4 is 15.7 Å². The highest BCUT2D eigenvalue weighted by Gasteiger charge is 2.44. The monoisotopic (exact) mass is 517 g/mol. The second kappa shape index (κ2) is 9.75. The molecule has 4 aromatic rings. The van der Waals surface area contributed by atoms with E-state index in [2.05, 4.69) is 12.2 Å². The number of benzene rings is 3. The number of halogens is 1. The van der Waals surface area contributed by atoms with E-state index < -0.39 is 23.2 Å². The second-order valence-corrected chi connectivity index (χ2v) is 9.63. The highest BCUT2D eigenvalue weighted by atomic mass is 35.5. The van der Waals surface area contributed by atoms with Crippen molar-refractivity contribution < 1.29 is 23.5 Å². The van der Waals surface area contributed by atoms with Gasteiger partial charge < -0.3 is 13.9 Å². The van der Waals surface area contributed by atoms with Crippen LogP contribution in [-0.4, -0.2) is 17.6 Å². The first-order valence-electron chi connectivity index (χ1n) is 11.9. The third kappa shape index (κ3) is 5.08. The minimum absolute atomic E-state index is 0.218. The number of rotatable bonds is 7. The van der Waals surface area contributed by atoms with Crippen LogP contribution in [0.4, 0.5) is 4.79 Å². The van der Waals surface area contributed by atoms with Gasteiger partial charge in [-0.2, -0.15) is 0 Å². The van der Waals surface area contributed by atoms with Crippen molar-refractivity contribution in [2.75, 3.05) is 0 Å². The van der Waals surface area contributed by atoms with Gasteiger partial charge in [0.05, 0.1) is 0 Å². The zero-order valence-electron chi connectivity index (χ0n) is 20.3. The van der Waals surface area contributed by atoms with Gasteiger partial charge in [-0.05, 0) is 72.0 Å². The minimum atomic E-state index is -1.26. The number of imide groups is 1. The average Bonchev–Trinajstić information content (AvgIpc) is 3.10. The molecule has 2 heterocycles. The smallest absolute Gasteiger partial charge is 0.415 e. The van der Waals surface area contributed by atoms with Crippen molar-refractivity contribution in [1.29, 1.82) is 0 Å². The fraction of sp³-hybridized carbons (Fsp3) is 0.207. The van der Waals surface area contributed by atoms with Crippen LogP contribution in [0.5, 0.6) is 11.5 Å². The number of amides is 2. The fourth-order valence-corrected chi connectivity index (χ4v) is 4.70. The summed E-state index contributed by atoms with van der Waals surface area (Å²) in [6.07, 6.45) is 1.14. The molecule has 1 aliphatic rings. The van der Waals surface area contributed by atoms with Crippen molar-refractivity contribution in [3.63, 3.8) is 0 Å². The van der Waals surface area contributed by atoms with Gasteiger partial charge in [-0.3, -0.25) is 10.1 Å². The van der Waals surface area contributed by atoms with Gasteiger partial charge in [-0.15, -0.1) is 0 Å². The van der Waals surface area contributed by atoms with Crippen molar-refractivity contribution in [3.8, 4) is 22.6 Å². The van der Waals surface area contributed by atoms with Gasteiger partial charge in [0, 0.05) is 29.0 Å². The topological polar surface area (TPSA) is 94.8 Å². The fourth-order valence-electron chi connectivity index (χ4n) is 4.54. The van der Waals surface area contributed by atoms with Crippen LogP contribution in [0.25, 0.3) is 22.1 Å². The van der Waals surface area contributed by atoms with E-state index in [1.807, 2.05) is 48.5 Å². The molecular weight excluding hydrogens is 494 g/mol. The molecule has 0 spiro atoms. The number of aryl methyl sites for hydroxylation is 1. The van der Waals surface area contributed by atoms with Crippen LogP contribution in [0.1, 0.15) is 31.4 Å². The van der Waals surface area contributed by atoms with Crippen LogP contribution in [0, 0.1) is 0 Å². The van der Waals surface area contributed by atoms with Gasteiger partial charge in [0.15, 0.2) is 5.60 Å². The standard InChI is InChI=1S/C29H24ClNO6/c1-3-5-19-13-18(23-15-26(32)36-25-14-20(30)9-10-22(23)25)8-11-24(19)35-21-7-4-6-17(12-21)16-29(2)27(33)31-28(34)37-29/h4,6-15H,3,5,16H2,1-2H3,(H,31,33,34)/t29-/m1/s1. The summed E-state index contributed by atoms with van der Waals surface area (Å²) < 4.78 is 16.8. The van der Waals surface area contributed by atoms with Crippen LogP contribution in [0.15, 0.2) is 75.9 Å². The van der Waals surface area contributed by atoms with Gasteiger partial charge >= 0.3 is 11.7 Å². The molecule has 0 bridgehead atoms. The third-order valence-electron chi connectivity index (χ3n) is 6.28. The Morgan fingerprint density at radius 2 is 1.84 bits per heavy atom. The maximum absolute atomic E-state index is 12.2. The molecule has 1 atom stereocenters. The summed E-state index contributed by atoms with van der Waals surface area (Å²) in [4.78, 5) is 35.9. The number of fused-ring (bicyclic) bond motifs is 1. The summed E-state index contributed by atoms with van der Waals surface area (Å²) in [5, 5.41) is 3.46. The van der Waals surface area contributed by atoms with E-state index >= 15 is 0 Å². The van der Waals surface area contributed by atoms with Gasteiger partial charge in [0.1, 0.15) is 17.1 Å². The first-order valence-corrected chi connectivity index (χ1v) is 12.3. The highest BCUT2D eigenvalue weighted by molar-refractivity contribution is 6.31. The summed E-state index contributed by atoms with van der Waals surface area (Å²) >= 11 is 6.09. The number of carbonyl (C=O) groups is 2. The maximum atomic E-state index is 12.2. The summed E-state index contributed by atoms with van der Waals surface area (Å²) in [6.45, 7) is 3.67. The molecule has 8 heteroatoms. The van der Waals surface area contributed by atoms with Crippen LogP contribution in [0.3, 0.4) is 0 Å². The lowest BCUT2D eigenvalue weighted by Gasteiger charge is -2.19. The van der Waals surface area contributed by atoms with E-state index in [9.17, 15) is 14.4 Å². The Kier molecular flexibility index (Phi) is 6.48. The molecule has 7 nitrogen and oxygen atoms in total. The van der Waals surface area contributed by atoms with Crippen LogP contribution in [0.2, 0.25) is 5.02 Å². The predicted molar refractivity (Wildman–Crippen MR) is 140 cm³/mol. The molecule has 0 unspecified atom stereocenters. The van der Waals surface area contributed by atoms with E-state index in [4.69, 9.17) is 25.5 Å². The van der Waals surface area contributed by atoms with Crippen molar-refractivity contribution in [3.05, 3.63) is 93.3 Å². The number of carbonyl (C=O) groups excluding carboxylic acids is 2. The third-order valence-corrected chi connectivity index (χ3v) is 6.51. The van der Waals surface area contributed by atoms with Gasteiger partial charge in [-0.25, -0.2) is 9.59 Å². The van der Waals surface area contributed by atoms with E-state index in [1.54, 1.807) is 19.1 Å². The highest BCUT2D eigenvalue weighted by Crippen LogP contribution is 2.35. The summed E-state index contributed by atoms with van der Waals surface area (Å²) in [5.74, 6) is 0.820. The van der Waals surface area contributed by atoms with Gasteiger partial charge in [0.2, 0.25) is 0 Å². The molecule has 0 radical (unpaired) electrons. The van der Waals surface area contributed by atoms with E-state index in [0.717, 1.165) is 40.5 Å². The minimum Gasteiger partial charge on any atom is -0.457 e. The number of hydrogen-bond acceptors (Lipinski definition) is 6. The van der Waals surface area contributed by atoms with Crippen molar-refractivity contribution in [1.82, 2.24) is 5.32 Å². The summed E-state index contributed by atoms with van der Waals surface area (Å²) in [6, 6.07) is 19.9. The zero-order chi connectivity index (χ0) is 26.2. The molecular formula is C29H24ClNO6. The summed E-state index contributed by atoms with van der Waals surface area (Å²) in [5.41, 5.74) is 2.11. The first kappa shape index (κ1) is 24.6. The van der Waals surface area contributed by atoms with Gasteiger partial charge in [-0.1, -0.05) is 43.1 Å². The molecule has 1 aliphatic heterocycles. The molecule has 2 amide bonds. The van der Waals surface area contributed by atoms with Crippen LogP contribution >= 0.6 is 11.6 Å². The maximum Gasteiger partial charge on any atom is 0.415 e. The first-order chi connectivity index (χ1) is 17.7. The molecule has 3 aromatic carbocycles. The Morgan fingerprint density at radius 1 is 1.00 bits per heavy atom. The Bertz CT molecular complexity index is 1590.